The molecule has 2 saturated heterocycles. The van der Waals surface area contributed by atoms with E-state index in [2.05, 4.69) is 10.6 Å². The fraction of sp³-hybridized carbons (Fsp3) is 0.500. The van der Waals surface area contributed by atoms with Gasteiger partial charge in [-0.15, -0.1) is 0 Å². The van der Waals surface area contributed by atoms with Gasteiger partial charge in [0.15, 0.2) is 0 Å². The van der Waals surface area contributed by atoms with Gasteiger partial charge in [-0.05, 0) is 50.0 Å². The molecule has 7 nitrogen and oxygen atoms in total. The van der Waals surface area contributed by atoms with Crippen LogP contribution in [0.15, 0.2) is 12.1 Å². The second-order valence-electron chi connectivity index (χ2n) is 7.17. The molecule has 8 heteroatoms. The van der Waals surface area contributed by atoms with Gasteiger partial charge < -0.3 is 15.3 Å². The summed E-state index contributed by atoms with van der Waals surface area (Å²) in [4.78, 5) is 37.4. The number of imide groups is 1. The maximum Gasteiger partial charge on any atom is 0.255 e. The van der Waals surface area contributed by atoms with Crippen LogP contribution in [0.1, 0.15) is 47.2 Å². The van der Waals surface area contributed by atoms with Gasteiger partial charge in [0.2, 0.25) is 11.8 Å². The first-order valence-electron chi connectivity index (χ1n) is 8.80. The van der Waals surface area contributed by atoms with Gasteiger partial charge in [-0.3, -0.25) is 19.7 Å². The van der Waals surface area contributed by atoms with Gasteiger partial charge in [0.05, 0.1) is 5.60 Å². The highest BCUT2D eigenvalue weighted by atomic mass is 19.1. The Hall–Kier alpha value is -2.32. The Bertz CT molecular complexity index is 804. The molecule has 3 heterocycles. The van der Waals surface area contributed by atoms with Crippen molar-refractivity contribution in [3.63, 3.8) is 0 Å². The van der Waals surface area contributed by atoms with Crippen LogP contribution in [0.25, 0.3) is 0 Å². The summed E-state index contributed by atoms with van der Waals surface area (Å²) in [7, 11) is 0. The number of fused-ring (bicyclic) bond motifs is 1. The van der Waals surface area contributed by atoms with Crippen molar-refractivity contribution in [1.82, 2.24) is 15.5 Å². The zero-order valence-electron chi connectivity index (χ0n) is 14.2. The fourth-order valence-corrected chi connectivity index (χ4v) is 4.06. The summed E-state index contributed by atoms with van der Waals surface area (Å²) in [5.41, 5.74) is -0.234. The minimum absolute atomic E-state index is 0.169. The molecule has 3 amide bonds. The van der Waals surface area contributed by atoms with Crippen molar-refractivity contribution in [2.75, 3.05) is 13.1 Å². The quantitative estimate of drug-likeness (QED) is 0.652. The summed E-state index contributed by atoms with van der Waals surface area (Å²) in [5.74, 6) is -1.87. The van der Waals surface area contributed by atoms with Crippen LogP contribution in [0.2, 0.25) is 0 Å². The van der Waals surface area contributed by atoms with Crippen LogP contribution in [-0.4, -0.2) is 46.9 Å². The lowest BCUT2D eigenvalue weighted by Crippen LogP contribution is -2.52. The zero-order valence-corrected chi connectivity index (χ0v) is 14.2. The number of hydrogen-bond donors (Lipinski definition) is 3. The molecule has 1 aromatic rings. The van der Waals surface area contributed by atoms with E-state index in [0.29, 0.717) is 31.5 Å². The summed E-state index contributed by atoms with van der Waals surface area (Å²) in [6.45, 7) is 1.35. The van der Waals surface area contributed by atoms with Gasteiger partial charge in [-0.2, -0.15) is 0 Å². The number of halogens is 1. The van der Waals surface area contributed by atoms with Crippen molar-refractivity contribution in [2.24, 2.45) is 0 Å². The number of nitrogens with one attached hydrogen (secondary N) is 2. The third-order valence-electron chi connectivity index (χ3n) is 5.54. The molecule has 1 unspecified atom stereocenters. The van der Waals surface area contributed by atoms with E-state index in [1.807, 2.05) is 0 Å². The molecule has 26 heavy (non-hydrogen) atoms. The summed E-state index contributed by atoms with van der Waals surface area (Å²) in [6, 6.07) is 1.99. The second-order valence-corrected chi connectivity index (χ2v) is 7.17. The van der Waals surface area contributed by atoms with Crippen LogP contribution >= 0.6 is 0 Å². The van der Waals surface area contributed by atoms with E-state index in [-0.39, 0.29) is 36.4 Å². The third-order valence-corrected chi connectivity index (χ3v) is 5.54. The highest BCUT2D eigenvalue weighted by Crippen LogP contribution is 2.36. The highest BCUT2D eigenvalue weighted by molar-refractivity contribution is 6.05. The van der Waals surface area contributed by atoms with Crippen LogP contribution in [0.3, 0.4) is 0 Å². The molecule has 3 aliphatic heterocycles. The number of hydrogen-bond acceptors (Lipinski definition) is 5. The summed E-state index contributed by atoms with van der Waals surface area (Å²) < 4.78 is 14.7. The molecule has 3 N–H and O–H groups in total. The van der Waals surface area contributed by atoms with E-state index in [1.54, 1.807) is 6.07 Å². The van der Waals surface area contributed by atoms with Crippen LogP contribution in [0, 0.1) is 5.82 Å². The number of carbonyl (C=O) groups is 3. The lowest BCUT2D eigenvalue weighted by molar-refractivity contribution is -0.136. The molecule has 1 aromatic carbocycles. The Morgan fingerprint density at radius 3 is 2.62 bits per heavy atom. The predicted octanol–water partition coefficient (Wildman–Crippen LogP) is 0.158. The summed E-state index contributed by atoms with van der Waals surface area (Å²) >= 11 is 0. The summed E-state index contributed by atoms with van der Waals surface area (Å²) in [6.07, 6.45) is 1.22. The number of amides is 3. The maximum absolute atomic E-state index is 14.7. The van der Waals surface area contributed by atoms with Gasteiger partial charge >= 0.3 is 0 Å². The number of rotatable bonds is 2. The predicted molar refractivity (Wildman–Crippen MR) is 88.4 cm³/mol. The molecule has 0 bridgehead atoms. The molecule has 138 valence electrons. The van der Waals surface area contributed by atoms with Gasteiger partial charge in [-0.1, -0.05) is 0 Å². The van der Waals surface area contributed by atoms with Gasteiger partial charge in [0.1, 0.15) is 11.9 Å². The number of benzene rings is 1. The van der Waals surface area contributed by atoms with Crippen LogP contribution in [0.5, 0.6) is 0 Å². The average molecular weight is 361 g/mol. The van der Waals surface area contributed by atoms with Crippen LogP contribution in [-0.2, 0) is 21.7 Å². The van der Waals surface area contributed by atoms with Crippen molar-refractivity contribution >= 4 is 17.7 Å². The molecular weight excluding hydrogens is 341 g/mol. The standard InChI is InChI=1S/C18H20FN3O4/c19-13-8-11-10(7-12(13)18(26)3-5-20-6-4-18)9-22(17(11)25)14-1-2-15(23)21-16(14)24/h7-8,14,20,26H,1-6,9H2,(H,21,23,24). The van der Waals surface area contributed by atoms with Crippen molar-refractivity contribution in [3.8, 4) is 0 Å². The SMILES string of the molecule is O=C1CCC(N2Cc3cc(C4(O)CCNCC4)c(F)cc3C2=O)C(=O)N1. The van der Waals surface area contributed by atoms with E-state index in [1.165, 1.54) is 11.0 Å². The van der Waals surface area contributed by atoms with Crippen molar-refractivity contribution in [1.29, 1.82) is 0 Å². The molecule has 0 aliphatic carbocycles. The van der Waals surface area contributed by atoms with Gasteiger partial charge in [0, 0.05) is 24.1 Å². The zero-order chi connectivity index (χ0) is 18.5. The first kappa shape index (κ1) is 17.1. The molecule has 3 aliphatic rings. The minimum Gasteiger partial charge on any atom is -0.385 e. The molecule has 2 fully saturated rings. The average Bonchev–Trinajstić information content (AvgIpc) is 2.91. The number of nitrogens with zero attached hydrogens (tertiary/aromatic N) is 1. The fourth-order valence-electron chi connectivity index (χ4n) is 4.06. The molecule has 0 saturated carbocycles. The maximum atomic E-state index is 14.7. The summed E-state index contributed by atoms with van der Waals surface area (Å²) in [5, 5.41) is 16.2. The minimum atomic E-state index is -1.25. The number of aliphatic hydroxyl groups is 1. The molecule has 0 aromatic heterocycles. The third kappa shape index (κ3) is 2.69. The largest absolute Gasteiger partial charge is 0.385 e. The Labute approximate surface area is 149 Å². The lowest BCUT2D eigenvalue weighted by Gasteiger charge is -2.33. The normalized spacial score (nSPS) is 25.2. The molecule has 0 radical (unpaired) electrons. The number of carbonyl (C=O) groups excluding carboxylic acids is 3. The number of piperidine rings is 2. The van der Waals surface area contributed by atoms with Crippen LogP contribution < -0.4 is 10.6 Å². The Kier molecular flexibility index (Phi) is 4.04. The van der Waals surface area contributed by atoms with Crippen LogP contribution in [0.4, 0.5) is 4.39 Å². The van der Waals surface area contributed by atoms with Gasteiger partial charge in [-0.25, -0.2) is 4.39 Å². The van der Waals surface area contributed by atoms with Crippen molar-refractivity contribution < 1.29 is 23.9 Å². The Morgan fingerprint density at radius 2 is 1.92 bits per heavy atom. The van der Waals surface area contributed by atoms with E-state index < -0.39 is 29.3 Å². The van der Waals surface area contributed by atoms with Crippen molar-refractivity contribution in [2.45, 2.75) is 43.9 Å². The molecule has 0 spiro atoms. The van der Waals surface area contributed by atoms with Gasteiger partial charge in [0.25, 0.3) is 5.91 Å². The molecular formula is C18H20FN3O4. The Morgan fingerprint density at radius 1 is 1.19 bits per heavy atom. The van der Waals surface area contributed by atoms with E-state index in [4.69, 9.17) is 0 Å². The molecule has 1 atom stereocenters. The van der Waals surface area contributed by atoms with E-state index in [0.717, 1.165) is 0 Å². The second kappa shape index (κ2) is 6.14. The highest BCUT2D eigenvalue weighted by Gasteiger charge is 2.41. The smallest absolute Gasteiger partial charge is 0.255 e. The monoisotopic (exact) mass is 361 g/mol. The van der Waals surface area contributed by atoms with E-state index >= 15 is 0 Å². The van der Waals surface area contributed by atoms with E-state index in [9.17, 15) is 23.9 Å². The topological polar surface area (TPSA) is 98.7 Å². The Balaban J connectivity index is 1.64. The van der Waals surface area contributed by atoms with Crippen molar-refractivity contribution in [3.05, 3.63) is 34.6 Å². The lowest BCUT2D eigenvalue weighted by atomic mass is 9.83. The first-order valence-corrected chi connectivity index (χ1v) is 8.80. The molecule has 4 rings (SSSR count). The first-order chi connectivity index (χ1) is 12.4.